The van der Waals surface area contributed by atoms with Crippen LogP contribution in [0.4, 0.5) is 18.9 Å². The molecule has 8 nitrogen and oxygen atoms in total. The van der Waals surface area contributed by atoms with Crippen LogP contribution in [0.5, 0.6) is 0 Å². The zero-order valence-electron chi connectivity index (χ0n) is 17.5. The molecular formula is C22H19F3N2O6. The molecule has 3 aromatic rings. The van der Waals surface area contributed by atoms with Gasteiger partial charge in [-0.2, -0.15) is 0 Å². The molecule has 0 aliphatic heterocycles. The molecule has 2 amide bonds. The van der Waals surface area contributed by atoms with E-state index < -0.39 is 53.6 Å². The summed E-state index contributed by atoms with van der Waals surface area (Å²) in [5, 5.41) is 4.86. The topological polar surface area (TPSA) is 107 Å². The Morgan fingerprint density at radius 2 is 1.79 bits per heavy atom. The van der Waals surface area contributed by atoms with Gasteiger partial charge in [-0.1, -0.05) is 18.2 Å². The number of amides is 2. The van der Waals surface area contributed by atoms with Gasteiger partial charge in [0.1, 0.15) is 5.58 Å². The van der Waals surface area contributed by atoms with Crippen LogP contribution in [0.15, 0.2) is 40.8 Å². The summed E-state index contributed by atoms with van der Waals surface area (Å²) >= 11 is 0. The summed E-state index contributed by atoms with van der Waals surface area (Å²) in [5.41, 5.74) is 0.302. The second-order valence-corrected chi connectivity index (χ2v) is 6.88. The van der Waals surface area contributed by atoms with Crippen LogP contribution < -0.4 is 10.6 Å². The molecule has 0 fully saturated rings. The number of anilines is 1. The lowest BCUT2D eigenvalue weighted by molar-refractivity contribution is -0.130. The van der Waals surface area contributed by atoms with Crippen LogP contribution in [-0.4, -0.2) is 37.5 Å². The van der Waals surface area contributed by atoms with E-state index in [4.69, 9.17) is 13.9 Å². The fraction of sp³-hybridized carbons (Fsp3) is 0.227. The number of halogens is 3. The van der Waals surface area contributed by atoms with Crippen molar-refractivity contribution < 1.29 is 41.4 Å². The van der Waals surface area contributed by atoms with Crippen molar-refractivity contribution in [2.75, 3.05) is 19.0 Å². The summed E-state index contributed by atoms with van der Waals surface area (Å²) in [6, 6.07) is 8.38. The van der Waals surface area contributed by atoms with Crippen LogP contribution in [0.25, 0.3) is 11.0 Å². The Balaban J connectivity index is 1.59. The van der Waals surface area contributed by atoms with Gasteiger partial charge in [0.15, 0.2) is 23.6 Å². The van der Waals surface area contributed by atoms with Gasteiger partial charge in [0.25, 0.3) is 5.91 Å². The van der Waals surface area contributed by atoms with Crippen molar-refractivity contribution in [3.05, 3.63) is 65.2 Å². The Morgan fingerprint density at radius 1 is 1.06 bits per heavy atom. The number of nitrogens with one attached hydrogen (secondary N) is 2. The van der Waals surface area contributed by atoms with Gasteiger partial charge in [-0.3, -0.25) is 9.59 Å². The van der Waals surface area contributed by atoms with Crippen molar-refractivity contribution in [1.29, 1.82) is 0 Å². The number of methoxy groups -OCH3 is 1. The normalized spacial score (nSPS) is 11.8. The molecule has 33 heavy (non-hydrogen) atoms. The molecule has 0 aliphatic rings. The summed E-state index contributed by atoms with van der Waals surface area (Å²) in [5.74, 6) is -7.49. The third-order valence-electron chi connectivity index (χ3n) is 4.56. The van der Waals surface area contributed by atoms with Crippen molar-refractivity contribution in [2.45, 2.75) is 19.6 Å². The predicted molar refractivity (Wildman–Crippen MR) is 110 cm³/mol. The summed E-state index contributed by atoms with van der Waals surface area (Å²) < 4.78 is 55.6. The van der Waals surface area contributed by atoms with Crippen LogP contribution in [0.3, 0.4) is 0 Å². The molecule has 0 aliphatic carbocycles. The van der Waals surface area contributed by atoms with Crippen LogP contribution in [-0.2, 0) is 25.7 Å². The van der Waals surface area contributed by atoms with E-state index in [9.17, 15) is 27.6 Å². The number of furan rings is 1. The lowest BCUT2D eigenvalue weighted by atomic mass is 10.1. The van der Waals surface area contributed by atoms with E-state index >= 15 is 0 Å². The number of ether oxygens (including phenoxy) is 2. The van der Waals surface area contributed by atoms with E-state index in [1.807, 2.05) is 5.32 Å². The molecule has 174 valence electrons. The number of para-hydroxylation sites is 1. The maximum atomic E-state index is 13.6. The van der Waals surface area contributed by atoms with Crippen molar-refractivity contribution in [3.63, 3.8) is 0 Å². The predicted octanol–water partition coefficient (Wildman–Crippen LogP) is 3.30. The van der Waals surface area contributed by atoms with Gasteiger partial charge in [0, 0.05) is 18.1 Å². The number of benzene rings is 2. The van der Waals surface area contributed by atoms with Gasteiger partial charge >= 0.3 is 5.97 Å². The highest BCUT2D eigenvalue weighted by atomic mass is 19.2. The maximum absolute atomic E-state index is 13.6. The standard InChI is InChI=1S/C22H19F3N2O6/c1-11(21(29)26-9-17(28)27-15-8-7-14(23)18(24)19(15)25)32-22(30)20-13(10-31-2)12-5-3-4-6-16(12)33-20/h3-8,11H,9-10H2,1-2H3,(H,26,29)(H,27,28). The van der Waals surface area contributed by atoms with E-state index in [-0.39, 0.29) is 12.4 Å². The van der Waals surface area contributed by atoms with E-state index in [0.717, 1.165) is 6.07 Å². The summed E-state index contributed by atoms with van der Waals surface area (Å²) in [6.07, 6.45) is -1.31. The van der Waals surface area contributed by atoms with Crippen molar-refractivity contribution in [2.24, 2.45) is 0 Å². The number of carbonyl (C=O) groups excluding carboxylic acids is 3. The number of hydrogen-bond acceptors (Lipinski definition) is 6. The minimum absolute atomic E-state index is 0.0722. The van der Waals surface area contributed by atoms with Gasteiger partial charge in [0.05, 0.1) is 18.8 Å². The molecule has 2 N–H and O–H groups in total. The molecule has 3 rings (SSSR count). The highest BCUT2D eigenvalue weighted by Gasteiger charge is 2.26. The molecule has 0 spiro atoms. The first-order valence-corrected chi connectivity index (χ1v) is 9.64. The van der Waals surface area contributed by atoms with Gasteiger partial charge in [0.2, 0.25) is 11.7 Å². The molecule has 0 radical (unpaired) electrons. The summed E-state index contributed by atoms with van der Waals surface area (Å²) in [4.78, 5) is 36.7. The summed E-state index contributed by atoms with van der Waals surface area (Å²) in [7, 11) is 1.45. The van der Waals surface area contributed by atoms with Crippen molar-refractivity contribution in [3.8, 4) is 0 Å². The van der Waals surface area contributed by atoms with Crippen LogP contribution in [0.1, 0.15) is 23.0 Å². The van der Waals surface area contributed by atoms with Gasteiger partial charge < -0.3 is 24.5 Å². The minimum atomic E-state index is -1.74. The highest BCUT2D eigenvalue weighted by Crippen LogP contribution is 2.27. The second kappa shape index (κ2) is 10.2. The lowest BCUT2D eigenvalue weighted by Gasteiger charge is -2.13. The fourth-order valence-electron chi connectivity index (χ4n) is 2.95. The monoisotopic (exact) mass is 464 g/mol. The fourth-order valence-corrected chi connectivity index (χ4v) is 2.95. The number of hydrogen-bond donors (Lipinski definition) is 2. The largest absolute Gasteiger partial charge is 0.449 e. The zero-order chi connectivity index (χ0) is 24.1. The summed E-state index contributed by atoms with van der Waals surface area (Å²) in [6.45, 7) is 0.709. The number of rotatable bonds is 8. The zero-order valence-corrected chi connectivity index (χ0v) is 17.5. The van der Waals surface area contributed by atoms with E-state index in [1.165, 1.54) is 14.0 Å². The van der Waals surface area contributed by atoms with Gasteiger partial charge in [-0.25, -0.2) is 18.0 Å². The Kier molecular flexibility index (Phi) is 7.34. The van der Waals surface area contributed by atoms with E-state index in [0.29, 0.717) is 22.6 Å². The van der Waals surface area contributed by atoms with Crippen LogP contribution >= 0.6 is 0 Å². The van der Waals surface area contributed by atoms with E-state index in [1.54, 1.807) is 24.3 Å². The van der Waals surface area contributed by atoms with Gasteiger partial charge in [-0.15, -0.1) is 0 Å². The smallest absolute Gasteiger partial charge is 0.375 e. The van der Waals surface area contributed by atoms with Crippen molar-refractivity contribution >= 4 is 34.4 Å². The number of fused-ring (bicyclic) bond motifs is 1. The first kappa shape index (κ1) is 23.8. The number of esters is 1. The Bertz CT molecular complexity index is 1210. The van der Waals surface area contributed by atoms with Gasteiger partial charge in [-0.05, 0) is 25.1 Å². The molecule has 1 atom stereocenters. The third kappa shape index (κ3) is 5.32. The molecule has 2 aromatic carbocycles. The second-order valence-electron chi connectivity index (χ2n) is 6.88. The number of carbonyl (C=O) groups is 3. The molecule has 0 saturated carbocycles. The molecule has 0 saturated heterocycles. The molecule has 1 heterocycles. The molecular weight excluding hydrogens is 445 g/mol. The van der Waals surface area contributed by atoms with Crippen LogP contribution in [0.2, 0.25) is 0 Å². The lowest BCUT2D eigenvalue weighted by Crippen LogP contribution is -2.40. The van der Waals surface area contributed by atoms with Crippen LogP contribution in [0, 0.1) is 17.5 Å². The SMILES string of the molecule is COCc1c(C(=O)OC(C)C(=O)NCC(=O)Nc2ccc(F)c(F)c2F)oc2ccccc12. The Labute approximate surface area is 185 Å². The maximum Gasteiger partial charge on any atom is 0.375 e. The average Bonchev–Trinajstić information content (AvgIpc) is 3.17. The molecule has 0 bridgehead atoms. The minimum Gasteiger partial charge on any atom is -0.449 e. The third-order valence-corrected chi connectivity index (χ3v) is 4.56. The molecule has 1 aromatic heterocycles. The molecule has 1 unspecified atom stereocenters. The highest BCUT2D eigenvalue weighted by molar-refractivity contribution is 5.98. The van der Waals surface area contributed by atoms with E-state index in [2.05, 4.69) is 5.32 Å². The molecule has 11 heteroatoms. The Hall–Kier alpha value is -3.86. The van der Waals surface area contributed by atoms with Crippen molar-refractivity contribution in [1.82, 2.24) is 5.32 Å². The first-order valence-electron chi connectivity index (χ1n) is 9.64. The average molecular weight is 464 g/mol. The Morgan fingerprint density at radius 3 is 2.52 bits per heavy atom. The first-order chi connectivity index (χ1) is 15.7. The quantitative estimate of drug-likeness (QED) is 0.391.